The van der Waals surface area contributed by atoms with Crippen molar-refractivity contribution in [2.45, 2.75) is 64.0 Å². The van der Waals surface area contributed by atoms with Gasteiger partial charge in [0.25, 0.3) is 0 Å². The first kappa shape index (κ1) is 16.3. The number of carbonyl (C=O) groups is 2. The molecule has 0 aromatic heterocycles. The van der Waals surface area contributed by atoms with Crippen molar-refractivity contribution in [1.82, 2.24) is 10.2 Å². The maximum absolute atomic E-state index is 12.9. The molecular weight excluding hydrogens is 288 g/mol. The first-order valence-corrected chi connectivity index (χ1v) is 8.38. The molecule has 2 rings (SSSR count). The Morgan fingerprint density at radius 1 is 1.38 bits per heavy atom. The summed E-state index contributed by atoms with van der Waals surface area (Å²) in [6.07, 6.45) is 7.26. The molecule has 1 N–H and O–H groups in total. The largest absolute Gasteiger partial charge is 0.342 e. The van der Waals surface area contributed by atoms with Crippen molar-refractivity contribution in [3.8, 4) is 0 Å². The summed E-state index contributed by atoms with van der Waals surface area (Å²) in [4.78, 5) is 27.4. The summed E-state index contributed by atoms with van der Waals surface area (Å²) in [6.45, 7) is 4.47. The van der Waals surface area contributed by atoms with Crippen LogP contribution in [0.5, 0.6) is 0 Å². The molecule has 0 aromatic rings. The van der Waals surface area contributed by atoms with Crippen LogP contribution in [-0.4, -0.2) is 34.8 Å². The van der Waals surface area contributed by atoms with Gasteiger partial charge in [-0.1, -0.05) is 57.2 Å². The fourth-order valence-corrected chi connectivity index (χ4v) is 3.58. The van der Waals surface area contributed by atoms with E-state index < -0.39 is 11.6 Å². The molecule has 2 amide bonds. The van der Waals surface area contributed by atoms with Crippen molar-refractivity contribution in [3.05, 3.63) is 11.6 Å². The molecule has 1 spiro atoms. The molecule has 4 nitrogen and oxygen atoms in total. The maximum Gasteiger partial charge on any atom is 0.246 e. The van der Waals surface area contributed by atoms with Gasteiger partial charge in [-0.3, -0.25) is 9.59 Å². The summed E-state index contributed by atoms with van der Waals surface area (Å²) < 4.78 is 0. The van der Waals surface area contributed by atoms with E-state index in [0.29, 0.717) is 6.54 Å². The van der Waals surface area contributed by atoms with E-state index in [4.69, 9.17) is 11.6 Å². The van der Waals surface area contributed by atoms with Crippen molar-refractivity contribution in [1.29, 1.82) is 0 Å². The van der Waals surface area contributed by atoms with Crippen LogP contribution in [0.25, 0.3) is 0 Å². The van der Waals surface area contributed by atoms with Crippen molar-refractivity contribution >= 4 is 23.4 Å². The summed E-state index contributed by atoms with van der Waals surface area (Å²) >= 11 is 5.64. The molecule has 2 fully saturated rings. The molecule has 0 bridgehead atoms. The Bertz CT molecular complexity index is 430. The number of hydrogen-bond donors (Lipinski definition) is 1. The van der Waals surface area contributed by atoms with Gasteiger partial charge in [-0.15, -0.1) is 0 Å². The van der Waals surface area contributed by atoms with Crippen LogP contribution in [0.15, 0.2) is 11.6 Å². The van der Waals surface area contributed by atoms with E-state index in [9.17, 15) is 9.59 Å². The molecule has 21 heavy (non-hydrogen) atoms. The van der Waals surface area contributed by atoms with Gasteiger partial charge in [-0.2, -0.15) is 0 Å². The van der Waals surface area contributed by atoms with Gasteiger partial charge >= 0.3 is 0 Å². The molecule has 118 valence electrons. The highest BCUT2D eigenvalue weighted by Gasteiger charge is 2.52. The standard InChI is InChI=1S/C16H25ClN2O2/c1-3-12(2)13-14(20)19(11-7-10-17)16(15(21)18-13)8-5-4-6-9-16/h7,10,12-13H,3-6,8-9,11H2,1-2H3,(H,18,21)/b10-7+. The van der Waals surface area contributed by atoms with Crippen LogP contribution in [0.3, 0.4) is 0 Å². The zero-order chi connectivity index (χ0) is 15.5. The lowest BCUT2D eigenvalue weighted by Crippen LogP contribution is -2.72. The molecule has 0 aromatic carbocycles. The molecule has 1 aliphatic carbocycles. The quantitative estimate of drug-likeness (QED) is 0.868. The van der Waals surface area contributed by atoms with E-state index in [0.717, 1.165) is 38.5 Å². The van der Waals surface area contributed by atoms with E-state index in [2.05, 4.69) is 5.32 Å². The Morgan fingerprint density at radius 3 is 2.62 bits per heavy atom. The topological polar surface area (TPSA) is 49.4 Å². The molecule has 5 heteroatoms. The van der Waals surface area contributed by atoms with E-state index in [1.165, 1.54) is 5.54 Å². The minimum absolute atomic E-state index is 0.0232. The molecule has 1 saturated carbocycles. The van der Waals surface area contributed by atoms with Gasteiger partial charge in [0, 0.05) is 12.1 Å². The van der Waals surface area contributed by atoms with Gasteiger partial charge < -0.3 is 10.2 Å². The van der Waals surface area contributed by atoms with E-state index in [-0.39, 0.29) is 17.7 Å². The molecule has 1 aliphatic heterocycles. The number of halogens is 1. The van der Waals surface area contributed by atoms with Crippen LogP contribution in [0.4, 0.5) is 0 Å². The number of nitrogens with zero attached hydrogens (tertiary/aromatic N) is 1. The summed E-state index contributed by atoms with van der Waals surface area (Å²) in [6, 6.07) is -0.404. The third kappa shape index (κ3) is 2.96. The third-order valence-corrected chi connectivity index (χ3v) is 5.21. The van der Waals surface area contributed by atoms with Crippen molar-refractivity contribution in [3.63, 3.8) is 0 Å². The average Bonchev–Trinajstić information content (AvgIpc) is 2.51. The Balaban J connectivity index is 2.32. The second-order valence-electron chi connectivity index (χ2n) is 6.24. The lowest BCUT2D eigenvalue weighted by Gasteiger charge is -2.50. The zero-order valence-corrected chi connectivity index (χ0v) is 13.7. The van der Waals surface area contributed by atoms with Crippen LogP contribution in [0.2, 0.25) is 0 Å². The highest BCUT2D eigenvalue weighted by molar-refractivity contribution is 6.25. The normalized spacial score (nSPS) is 27.2. The van der Waals surface area contributed by atoms with E-state index >= 15 is 0 Å². The highest BCUT2D eigenvalue weighted by Crippen LogP contribution is 2.37. The second kappa shape index (κ2) is 6.82. The van der Waals surface area contributed by atoms with Crippen LogP contribution in [0.1, 0.15) is 52.4 Å². The van der Waals surface area contributed by atoms with E-state index in [1.807, 2.05) is 13.8 Å². The lowest BCUT2D eigenvalue weighted by molar-refractivity contribution is -0.160. The number of piperazine rings is 1. The molecule has 2 atom stereocenters. The predicted octanol–water partition coefficient (Wildman–Crippen LogP) is 2.81. The minimum Gasteiger partial charge on any atom is -0.342 e. The summed E-state index contributed by atoms with van der Waals surface area (Å²) in [7, 11) is 0. The predicted molar refractivity (Wildman–Crippen MR) is 83.9 cm³/mol. The molecule has 1 saturated heterocycles. The summed E-state index contributed by atoms with van der Waals surface area (Å²) in [5.74, 6) is 0.209. The van der Waals surface area contributed by atoms with Gasteiger partial charge in [0.15, 0.2) is 0 Å². The van der Waals surface area contributed by atoms with Crippen LogP contribution >= 0.6 is 11.6 Å². The van der Waals surface area contributed by atoms with Gasteiger partial charge in [0.2, 0.25) is 11.8 Å². The Kier molecular flexibility index (Phi) is 5.31. The minimum atomic E-state index is -0.657. The number of carbonyl (C=O) groups excluding carboxylic acids is 2. The van der Waals surface area contributed by atoms with Crippen LogP contribution < -0.4 is 5.32 Å². The summed E-state index contributed by atoms with van der Waals surface area (Å²) in [5, 5.41) is 3.00. The van der Waals surface area contributed by atoms with Crippen LogP contribution in [0, 0.1) is 5.92 Å². The third-order valence-electron chi connectivity index (χ3n) is 5.03. The van der Waals surface area contributed by atoms with Gasteiger partial charge in [0.05, 0.1) is 0 Å². The zero-order valence-electron chi connectivity index (χ0n) is 12.9. The number of hydrogen-bond acceptors (Lipinski definition) is 2. The first-order chi connectivity index (χ1) is 10.1. The molecule has 2 aliphatic rings. The molecule has 2 unspecified atom stereocenters. The van der Waals surface area contributed by atoms with Crippen LogP contribution in [-0.2, 0) is 9.59 Å². The maximum atomic E-state index is 12.9. The molecule has 1 heterocycles. The molecule has 0 radical (unpaired) electrons. The van der Waals surface area contributed by atoms with Crippen molar-refractivity contribution < 1.29 is 9.59 Å². The Labute approximate surface area is 131 Å². The Morgan fingerprint density at radius 2 is 2.05 bits per heavy atom. The SMILES string of the molecule is CCC(C)C1NC(=O)C2(CCCCC2)N(C/C=C/Cl)C1=O. The number of amides is 2. The first-order valence-electron chi connectivity index (χ1n) is 7.94. The number of rotatable bonds is 4. The summed E-state index contributed by atoms with van der Waals surface area (Å²) in [5.41, 5.74) is 0.768. The van der Waals surface area contributed by atoms with Gasteiger partial charge in [-0.25, -0.2) is 0 Å². The highest BCUT2D eigenvalue weighted by atomic mass is 35.5. The van der Waals surface area contributed by atoms with Crippen molar-refractivity contribution in [2.75, 3.05) is 6.54 Å². The molecular formula is C16H25ClN2O2. The van der Waals surface area contributed by atoms with Gasteiger partial charge in [0.1, 0.15) is 11.6 Å². The fourth-order valence-electron chi connectivity index (χ4n) is 3.50. The Hall–Kier alpha value is -1.03. The second-order valence-corrected chi connectivity index (χ2v) is 6.49. The van der Waals surface area contributed by atoms with E-state index in [1.54, 1.807) is 11.0 Å². The monoisotopic (exact) mass is 312 g/mol. The number of nitrogens with one attached hydrogen (secondary N) is 1. The lowest BCUT2D eigenvalue weighted by atomic mass is 9.76. The van der Waals surface area contributed by atoms with Gasteiger partial charge in [-0.05, 0) is 18.8 Å². The van der Waals surface area contributed by atoms with Crippen molar-refractivity contribution in [2.24, 2.45) is 5.92 Å². The fraction of sp³-hybridized carbons (Fsp3) is 0.750. The smallest absolute Gasteiger partial charge is 0.246 e. The average molecular weight is 313 g/mol.